The van der Waals surface area contributed by atoms with E-state index >= 15 is 0 Å². The van der Waals surface area contributed by atoms with E-state index in [1.54, 1.807) is 24.3 Å². The van der Waals surface area contributed by atoms with E-state index in [0.29, 0.717) is 37.2 Å². The average molecular weight is 329 g/mol. The molecule has 6 heteroatoms. The maximum Gasteiger partial charge on any atom is 0.166 e. The normalized spacial score (nSPS) is 16.7. The number of carbonyl (C=O) groups is 2. The summed E-state index contributed by atoms with van der Waals surface area (Å²) >= 11 is 0. The number of carbonyl (C=O) groups excluding carboxylic acids is 2. The Bertz CT molecular complexity index is 740. The molecule has 0 aliphatic carbocycles. The van der Waals surface area contributed by atoms with Gasteiger partial charge in [-0.05, 0) is 29.0 Å². The maximum absolute atomic E-state index is 11.3. The molecule has 0 saturated carbocycles. The summed E-state index contributed by atoms with van der Waals surface area (Å²) < 4.78 is 11.1. The van der Waals surface area contributed by atoms with E-state index in [4.69, 9.17) is 9.47 Å². The number of morpholine rings is 1. The molecular weight excluding hydrogens is 310 g/mol. The Hall–Kier alpha value is -2.44. The third kappa shape index (κ3) is 3.55. The molecule has 1 saturated heterocycles. The van der Waals surface area contributed by atoms with Gasteiger partial charge in [-0.25, -0.2) is 0 Å². The number of benzene rings is 2. The third-order valence-electron chi connectivity index (χ3n) is 4.11. The highest BCUT2D eigenvalue weighted by atomic mass is 16.5. The largest absolute Gasteiger partial charge is 0.507 e. The molecular formula is C18H19NO5. The molecule has 2 aromatic carbocycles. The molecule has 1 unspecified atom stereocenters. The smallest absolute Gasteiger partial charge is 0.166 e. The molecule has 0 radical (unpaired) electrons. The lowest BCUT2D eigenvalue weighted by Crippen LogP contribution is -2.43. The van der Waals surface area contributed by atoms with Crippen molar-refractivity contribution in [2.24, 2.45) is 0 Å². The minimum atomic E-state index is -0.599. The lowest BCUT2D eigenvalue weighted by atomic mass is 10.0. The lowest BCUT2D eigenvalue weighted by molar-refractivity contribution is -0.115. The van der Waals surface area contributed by atoms with E-state index < -0.39 is 6.10 Å². The van der Waals surface area contributed by atoms with E-state index in [1.165, 1.54) is 6.07 Å². The van der Waals surface area contributed by atoms with Crippen LogP contribution in [0.3, 0.4) is 0 Å². The number of phenols is 1. The molecule has 1 heterocycles. The number of hydrogen-bond acceptors (Lipinski definition) is 6. The average Bonchev–Trinajstić information content (AvgIpc) is 2.62. The summed E-state index contributed by atoms with van der Waals surface area (Å²) in [6.45, 7) is 3.35. The molecule has 0 amide bonds. The molecule has 1 fully saturated rings. The maximum atomic E-state index is 11.3. The molecule has 1 aliphatic heterocycles. The van der Waals surface area contributed by atoms with Crippen molar-refractivity contribution in [2.75, 3.05) is 32.8 Å². The number of fused-ring (bicyclic) bond motifs is 1. The van der Waals surface area contributed by atoms with Gasteiger partial charge in [0.05, 0.1) is 18.8 Å². The van der Waals surface area contributed by atoms with E-state index in [2.05, 4.69) is 4.90 Å². The topological polar surface area (TPSA) is 76.1 Å². The van der Waals surface area contributed by atoms with Crippen molar-refractivity contribution in [1.29, 1.82) is 0 Å². The van der Waals surface area contributed by atoms with Crippen molar-refractivity contribution in [3.05, 3.63) is 35.9 Å². The molecule has 2 aromatic rings. The van der Waals surface area contributed by atoms with Gasteiger partial charge in [-0.15, -0.1) is 0 Å². The molecule has 126 valence electrons. The van der Waals surface area contributed by atoms with Gasteiger partial charge >= 0.3 is 0 Å². The first-order chi connectivity index (χ1) is 11.7. The number of nitrogens with zero attached hydrogens (tertiary/aromatic N) is 1. The summed E-state index contributed by atoms with van der Waals surface area (Å²) in [6.07, 6.45) is 0.798. The second-order valence-electron chi connectivity index (χ2n) is 5.70. The predicted molar refractivity (Wildman–Crippen MR) is 88.7 cm³/mol. The van der Waals surface area contributed by atoms with Crippen LogP contribution in [0.15, 0.2) is 30.3 Å². The van der Waals surface area contributed by atoms with Gasteiger partial charge in [-0.2, -0.15) is 0 Å². The summed E-state index contributed by atoms with van der Waals surface area (Å²) in [5.41, 5.74) is 0.216. The second kappa shape index (κ2) is 7.42. The summed E-state index contributed by atoms with van der Waals surface area (Å²) in [5, 5.41) is 11.2. The van der Waals surface area contributed by atoms with Crippen molar-refractivity contribution in [3.63, 3.8) is 0 Å². The van der Waals surface area contributed by atoms with Crippen LogP contribution in [0.25, 0.3) is 10.8 Å². The van der Waals surface area contributed by atoms with E-state index in [-0.39, 0.29) is 11.3 Å². The highest BCUT2D eigenvalue weighted by Gasteiger charge is 2.18. The van der Waals surface area contributed by atoms with Crippen molar-refractivity contribution >= 4 is 23.3 Å². The van der Waals surface area contributed by atoms with Crippen molar-refractivity contribution in [1.82, 2.24) is 4.90 Å². The van der Waals surface area contributed by atoms with Crippen LogP contribution in [0.2, 0.25) is 0 Å². The number of rotatable bonds is 6. The Morgan fingerprint density at radius 2 is 1.96 bits per heavy atom. The quantitative estimate of drug-likeness (QED) is 0.812. The fraction of sp³-hybridized carbons (Fsp3) is 0.333. The molecule has 1 atom stereocenters. The first-order valence-corrected chi connectivity index (χ1v) is 7.84. The van der Waals surface area contributed by atoms with E-state index in [0.717, 1.165) is 24.8 Å². The molecule has 0 aromatic heterocycles. The molecule has 0 bridgehead atoms. The van der Waals surface area contributed by atoms with Crippen LogP contribution in [-0.4, -0.2) is 61.5 Å². The van der Waals surface area contributed by atoms with E-state index in [1.807, 2.05) is 0 Å². The van der Waals surface area contributed by atoms with Gasteiger partial charge in [0.15, 0.2) is 18.7 Å². The number of hydrogen-bond donors (Lipinski definition) is 1. The molecule has 24 heavy (non-hydrogen) atoms. The van der Waals surface area contributed by atoms with Crippen LogP contribution in [0.4, 0.5) is 0 Å². The van der Waals surface area contributed by atoms with Gasteiger partial charge in [0.2, 0.25) is 0 Å². The van der Waals surface area contributed by atoms with Gasteiger partial charge < -0.3 is 14.6 Å². The number of aldehydes is 2. The SMILES string of the molecule is O=Cc1c(O)ccc2ccc(OC(C=O)CN3CCOCC3)cc12. The van der Waals surface area contributed by atoms with Crippen molar-refractivity contribution < 1.29 is 24.2 Å². The van der Waals surface area contributed by atoms with Gasteiger partial charge in [0, 0.05) is 19.6 Å². The molecule has 6 nitrogen and oxygen atoms in total. The first-order valence-electron chi connectivity index (χ1n) is 7.84. The van der Waals surface area contributed by atoms with Crippen LogP contribution >= 0.6 is 0 Å². The summed E-state index contributed by atoms with van der Waals surface area (Å²) in [4.78, 5) is 24.7. The van der Waals surface area contributed by atoms with E-state index in [9.17, 15) is 14.7 Å². The molecule has 1 N–H and O–H groups in total. The van der Waals surface area contributed by atoms with Gasteiger partial charge in [0.25, 0.3) is 0 Å². The van der Waals surface area contributed by atoms with Gasteiger partial charge in [0.1, 0.15) is 11.5 Å². The zero-order valence-corrected chi connectivity index (χ0v) is 13.2. The summed E-state index contributed by atoms with van der Waals surface area (Å²) in [7, 11) is 0. The Morgan fingerprint density at radius 1 is 1.21 bits per heavy atom. The summed E-state index contributed by atoms with van der Waals surface area (Å²) in [6, 6.07) is 8.44. The predicted octanol–water partition coefficient (Wildman–Crippen LogP) is 1.64. The number of ether oxygens (including phenoxy) is 2. The zero-order valence-electron chi connectivity index (χ0n) is 13.2. The fourth-order valence-electron chi connectivity index (χ4n) is 2.83. The monoisotopic (exact) mass is 329 g/mol. The Kier molecular flexibility index (Phi) is 5.08. The van der Waals surface area contributed by atoms with Gasteiger partial charge in [-0.3, -0.25) is 14.5 Å². The lowest BCUT2D eigenvalue weighted by Gasteiger charge is -2.28. The third-order valence-corrected chi connectivity index (χ3v) is 4.11. The van der Waals surface area contributed by atoms with Crippen LogP contribution in [0.1, 0.15) is 10.4 Å². The first kappa shape index (κ1) is 16.4. The Morgan fingerprint density at radius 3 is 2.67 bits per heavy atom. The van der Waals surface area contributed by atoms with Crippen LogP contribution < -0.4 is 4.74 Å². The standard InChI is InChI=1S/C18H19NO5/c20-11-15(10-19-5-7-23-8-6-19)24-14-3-1-13-2-4-18(22)17(12-21)16(13)9-14/h1-4,9,11-12,15,22H,5-8,10H2. The Labute approximate surface area is 139 Å². The number of aromatic hydroxyl groups is 1. The minimum absolute atomic E-state index is 0.0742. The number of phenolic OH excluding ortho intramolecular Hbond substituents is 1. The minimum Gasteiger partial charge on any atom is -0.507 e. The van der Waals surface area contributed by atoms with Crippen molar-refractivity contribution in [2.45, 2.75) is 6.10 Å². The molecule has 3 rings (SSSR count). The Balaban J connectivity index is 1.80. The van der Waals surface area contributed by atoms with Crippen molar-refractivity contribution in [3.8, 4) is 11.5 Å². The highest BCUT2D eigenvalue weighted by molar-refractivity contribution is 6.01. The molecule has 0 spiro atoms. The highest BCUT2D eigenvalue weighted by Crippen LogP contribution is 2.29. The second-order valence-corrected chi connectivity index (χ2v) is 5.70. The summed E-state index contributed by atoms with van der Waals surface area (Å²) in [5.74, 6) is 0.413. The van der Waals surface area contributed by atoms with Crippen LogP contribution in [0, 0.1) is 0 Å². The van der Waals surface area contributed by atoms with Crippen LogP contribution in [0.5, 0.6) is 11.5 Å². The molecule has 1 aliphatic rings. The zero-order chi connectivity index (χ0) is 16.9. The fourth-order valence-corrected chi connectivity index (χ4v) is 2.83. The van der Waals surface area contributed by atoms with Crippen LogP contribution in [-0.2, 0) is 9.53 Å². The van der Waals surface area contributed by atoms with Gasteiger partial charge in [-0.1, -0.05) is 12.1 Å².